The van der Waals surface area contributed by atoms with Crippen molar-refractivity contribution in [2.24, 2.45) is 4.99 Å². The van der Waals surface area contributed by atoms with Crippen LogP contribution in [0.1, 0.15) is 26.3 Å². The van der Waals surface area contributed by atoms with Gasteiger partial charge in [0.2, 0.25) is 0 Å². The molecule has 22 heavy (non-hydrogen) atoms. The minimum Gasteiger partial charge on any atom is -0.508 e. The van der Waals surface area contributed by atoms with Crippen LogP contribution in [0.5, 0.6) is 5.75 Å². The van der Waals surface area contributed by atoms with Gasteiger partial charge in [-0.2, -0.15) is 0 Å². The van der Waals surface area contributed by atoms with E-state index in [0.717, 1.165) is 31.0 Å². The maximum atomic E-state index is 9.44. The van der Waals surface area contributed by atoms with Gasteiger partial charge < -0.3 is 20.5 Å². The third-order valence-electron chi connectivity index (χ3n) is 3.13. The molecule has 0 bridgehead atoms. The molecule has 5 nitrogen and oxygen atoms in total. The summed E-state index contributed by atoms with van der Waals surface area (Å²) in [7, 11) is 1.69. The van der Waals surface area contributed by atoms with Gasteiger partial charge in [-0.1, -0.05) is 12.1 Å². The second-order valence-electron chi connectivity index (χ2n) is 5.51. The summed E-state index contributed by atoms with van der Waals surface area (Å²) in [6.45, 7) is 8.20. The zero-order valence-corrected chi connectivity index (χ0v) is 16.2. The van der Waals surface area contributed by atoms with Crippen molar-refractivity contribution in [1.82, 2.24) is 10.6 Å². The Bertz CT molecular complexity index is 464. The predicted molar refractivity (Wildman–Crippen MR) is 102 cm³/mol. The van der Waals surface area contributed by atoms with Crippen LogP contribution >= 0.6 is 24.0 Å². The molecule has 0 aromatic heterocycles. The first-order chi connectivity index (χ1) is 9.96. The summed E-state index contributed by atoms with van der Waals surface area (Å²) in [5.74, 6) is 1.08. The third-order valence-corrected chi connectivity index (χ3v) is 3.13. The first kappa shape index (κ1) is 21.0. The second kappa shape index (κ2) is 10.7. The van der Waals surface area contributed by atoms with Crippen molar-refractivity contribution in [1.29, 1.82) is 0 Å². The molecule has 0 unspecified atom stereocenters. The normalized spacial score (nSPS) is 11.7. The lowest BCUT2D eigenvalue weighted by Gasteiger charge is -2.21. The van der Waals surface area contributed by atoms with Crippen LogP contribution in [0.3, 0.4) is 0 Å². The van der Waals surface area contributed by atoms with Crippen molar-refractivity contribution in [3.63, 3.8) is 0 Å². The lowest BCUT2D eigenvalue weighted by Crippen LogP contribution is -2.40. The van der Waals surface area contributed by atoms with Crippen molar-refractivity contribution in [2.75, 3.05) is 26.7 Å². The Morgan fingerprint density at radius 3 is 2.64 bits per heavy atom. The number of hydrogen-bond donors (Lipinski definition) is 3. The maximum absolute atomic E-state index is 9.44. The summed E-state index contributed by atoms with van der Waals surface area (Å²) in [6.07, 6.45) is 0.826. The van der Waals surface area contributed by atoms with Crippen molar-refractivity contribution in [3.05, 3.63) is 29.8 Å². The number of aromatic hydroxyl groups is 1. The molecule has 1 aromatic carbocycles. The highest BCUT2D eigenvalue weighted by Gasteiger charge is 2.15. The molecule has 6 heteroatoms. The van der Waals surface area contributed by atoms with Crippen molar-refractivity contribution in [3.8, 4) is 5.75 Å². The molecule has 0 saturated carbocycles. The summed E-state index contributed by atoms with van der Waals surface area (Å²) in [5, 5.41) is 15.9. The van der Waals surface area contributed by atoms with E-state index >= 15 is 0 Å². The van der Waals surface area contributed by atoms with Gasteiger partial charge in [0.25, 0.3) is 0 Å². The highest BCUT2D eigenvalue weighted by molar-refractivity contribution is 14.0. The zero-order chi connectivity index (χ0) is 15.7. The number of ether oxygens (including phenoxy) is 1. The van der Waals surface area contributed by atoms with Gasteiger partial charge in [0.1, 0.15) is 5.75 Å². The van der Waals surface area contributed by atoms with Crippen LogP contribution in [-0.4, -0.2) is 43.4 Å². The number of halogens is 1. The Balaban J connectivity index is 0.00000441. The zero-order valence-electron chi connectivity index (χ0n) is 13.8. The smallest absolute Gasteiger partial charge is 0.191 e. The van der Waals surface area contributed by atoms with Gasteiger partial charge in [-0.15, -0.1) is 24.0 Å². The molecule has 0 atom stereocenters. The SMILES string of the molecule is CCNC(=NCC(C)(C)OC)NCCc1cccc(O)c1.I. The number of phenols is 1. The minimum atomic E-state index is -0.270. The van der Waals surface area contributed by atoms with Gasteiger partial charge in [0.05, 0.1) is 12.1 Å². The summed E-state index contributed by atoms with van der Waals surface area (Å²) < 4.78 is 5.36. The highest BCUT2D eigenvalue weighted by Crippen LogP contribution is 2.11. The standard InChI is InChI=1S/C16H27N3O2.HI/c1-5-17-15(19-12-16(2,3)21-4)18-10-9-13-7-6-8-14(20)11-13;/h6-8,11,20H,5,9-10,12H2,1-4H3,(H2,17,18,19);1H. The molecule has 126 valence electrons. The van der Waals surface area contributed by atoms with E-state index in [9.17, 15) is 5.11 Å². The fraction of sp³-hybridized carbons (Fsp3) is 0.562. The number of benzene rings is 1. The predicted octanol–water partition coefficient (Wildman–Crippen LogP) is 2.53. The molecular formula is C16H28IN3O2. The number of guanidine groups is 1. The van der Waals surface area contributed by atoms with Gasteiger partial charge >= 0.3 is 0 Å². The number of nitrogens with zero attached hydrogens (tertiary/aromatic N) is 1. The van der Waals surface area contributed by atoms with Crippen LogP contribution in [0.2, 0.25) is 0 Å². The van der Waals surface area contributed by atoms with Crippen LogP contribution in [0.15, 0.2) is 29.3 Å². The van der Waals surface area contributed by atoms with Crippen molar-refractivity contribution in [2.45, 2.75) is 32.8 Å². The minimum absolute atomic E-state index is 0. The quantitative estimate of drug-likeness (QED) is 0.360. The largest absolute Gasteiger partial charge is 0.508 e. The van der Waals surface area contributed by atoms with Crippen LogP contribution in [0.4, 0.5) is 0 Å². The molecule has 0 heterocycles. The molecule has 0 aliphatic rings. The molecule has 0 spiro atoms. The van der Waals surface area contributed by atoms with E-state index < -0.39 is 0 Å². The number of phenolic OH excluding ortho intramolecular Hbond substituents is 1. The maximum Gasteiger partial charge on any atom is 0.191 e. The molecule has 1 rings (SSSR count). The Morgan fingerprint density at radius 1 is 1.32 bits per heavy atom. The molecule has 0 fully saturated rings. The Labute approximate surface area is 150 Å². The molecule has 0 radical (unpaired) electrons. The van der Waals surface area contributed by atoms with Crippen LogP contribution in [0.25, 0.3) is 0 Å². The monoisotopic (exact) mass is 421 g/mol. The van der Waals surface area contributed by atoms with Gasteiger partial charge in [-0.25, -0.2) is 0 Å². The molecule has 0 aliphatic carbocycles. The first-order valence-corrected chi connectivity index (χ1v) is 7.32. The van der Waals surface area contributed by atoms with Crippen molar-refractivity contribution < 1.29 is 9.84 Å². The number of nitrogens with one attached hydrogen (secondary N) is 2. The van der Waals surface area contributed by atoms with E-state index in [0.29, 0.717) is 12.3 Å². The van der Waals surface area contributed by atoms with Gasteiger partial charge in [-0.3, -0.25) is 4.99 Å². The van der Waals surface area contributed by atoms with E-state index in [1.807, 2.05) is 32.9 Å². The molecule has 1 aromatic rings. The average molecular weight is 421 g/mol. The number of rotatable bonds is 7. The van der Waals surface area contributed by atoms with E-state index in [1.165, 1.54) is 0 Å². The van der Waals surface area contributed by atoms with Gasteiger partial charge in [0.15, 0.2) is 5.96 Å². The van der Waals surface area contributed by atoms with Crippen LogP contribution in [0, 0.1) is 0 Å². The second-order valence-corrected chi connectivity index (χ2v) is 5.51. The van der Waals surface area contributed by atoms with Crippen LogP contribution < -0.4 is 10.6 Å². The number of hydrogen-bond acceptors (Lipinski definition) is 3. The molecular weight excluding hydrogens is 393 g/mol. The lowest BCUT2D eigenvalue weighted by molar-refractivity contribution is 0.0310. The lowest BCUT2D eigenvalue weighted by atomic mass is 10.1. The van der Waals surface area contributed by atoms with Gasteiger partial charge in [-0.05, 0) is 44.9 Å². The first-order valence-electron chi connectivity index (χ1n) is 7.32. The Morgan fingerprint density at radius 2 is 2.05 bits per heavy atom. The molecule has 3 N–H and O–H groups in total. The summed E-state index contributed by atoms with van der Waals surface area (Å²) in [4.78, 5) is 4.52. The molecule has 0 saturated heterocycles. The van der Waals surface area contributed by atoms with E-state index in [4.69, 9.17) is 4.74 Å². The third kappa shape index (κ3) is 8.43. The topological polar surface area (TPSA) is 65.9 Å². The average Bonchev–Trinajstić information content (AvgIpc) is 2.45. The van der Waals surface area contributed by atoms with E-state index in [1.54, 1.807) is 19.2 Å². The molecule has 0 aliphatic heterocycles. The fourth-order valence-corrected chi connectivity index (χ4v) is 1.71. The van der Waals surface area contributed by atoms with Gasteiger partial charge in [0, 0.05) is 20.2 Å². The number of aliphatic imine (C=N–C) groups is 1. The fourth-order valence-electron chi connectivity index (χ4n) is 1.71. The summed E-state index contributed by atoms with van der Waals surface area (Å²) in [6, 6.07) is 7.31. The Hall–Kier alpha value is -1.02. The van der Waals surface area contributed by atoms with E-state index in [2.05, 4.69) is 15.6 Å². The highest BCUT2D eigenvalue weighted by atomic mass is 127. The summed E-state index contributed by atoms with van der Waals surface area (Å²) in [5.41, 5.74) is 0.823. The van der Waals surface area contributed by atoms with Crippen molar-refractivity contribution >= 4 is 29.9 Å². The molecule has 0 amide bonds. The Kier molecular flexibility index (Phi) is 10.2. The number of methoxy groups -OCH3 is 1. The van der Waals surface area contributed by atoms with E-state index in [-0.39, 0.29) is 29.6 Å². The summed E-state index contributed by atoms with van der Waals surface area (Å²) >= 11 is 0. The van der Waals surface area contributed by atoms with Crippen LogP contribution in [-0.2, 0) is 11.2 Å².